The molecule has 7 rings (SSSR count). The maximum atomic E-state index is 6.11. The van der Waals surface area contributed by atoms with E-state index in [9.17, 15) is 0 Å². The molecular weight excluding hydrogens is 628 g/mol. The molecule has 50 heavy (non-hydrogen) atoms. The number of ether oxygens (including phenoxy) is 6. The normalized spacial score (nSPS) is 10.6. The van der Waals surface area contributed by atoms with E-state index in [0.717, 1.165) is 0 Å². The van der Waals surface area contributed by atoms with Gasteiger partial charge in [-0.1, -0.05) is 36.4 Å². The molecule has 246 valence electrons. The van der Waals surface area contributed by atoms with Gasteiger partial charge in [0.25, 0.3) is 0 Å². The third kappa shape index (κ3) is 8.64. The number of rotatable bonds is 12. The zero-order valence-corrected chi connectivity index (χ0v) is 26.8. The van der Waals surface area contributed by atoms with Crippen LogP contribution in [0.3, 0.4) is 0 Å². The molecule has 0 aliphatic carbocycles. The van der Waals surface area contributed by atoms with Crippen LogP contribution in [0.25, 0.3) is 0 Å². The van der Waals surface area contributed by atoms with E-state index in [-0.39, 0.29) is 0 Å². The van der Waals surface area contributed by atoms with Crippen LogP contribution in [0.4, 0.5) is 11.4 Å². The Balaban J connectivity index is 0.948. The molecule has 8 heteroatoms. The van der Waals surface area contributed by atoms with E-state index in [1.807, 2.05) is 158 Å². The maximum Gasteiger partial charge on any atom is 0.131 e. The highest BCUT2D eigenvalue weighted by atomic mass is 16.5. The molecule has 7 aromatic rings. The second-order valence-corrected chi connectivity index (χ2v) is 11.1. The first-order valence-electron chi connectivity index (χ1n) is 15.8. The minimum Gasteiger partial charge on any atom is -0.457 e. The summed E-state index contributed by atoms with van der Waals surface area (Å²) in [5.41, 5.74) is 13.0. The summed E-state index contributed by atoms with van der Waals surface area (Å²) >= 11 is 0. The van der Waals surface area contributed by atoms with Crippen molar-refractivity contribution in [3.8, 4) is 69.0 Å². The van der Waals surface area contributed by atoms with Crippen molar-refractivity contribution in [2.75, 3.05) is 11.5 Å². The lowest BCUT2D eigenvalue weighted by molar-refractivity contribution is 0.447. The molecule has 0 aliphatic heterocycles. The van der Waals surface area contributed by atoms with Crippen molar-refractivity contribution in [1.82, 2.24) is 0 Å². The van der Waals surface area contributed by atoms with Gasteiger partial charge in [0.05, 0.1) is 0 Å². The number of nitrogens with two attached hydrogens (primary N) is 2. The highest BCUT2D eigenvalue weighted by Crippen LogP contribution is 2.34. The van der Waals surface area contributed by atoms with Crippen molar-refractivity contribution >= 4 is 11.4 Å². The van der Waals surface area contributed by atoms with Crippen LogP contribution in [-0.4, -0.2) is 0 Å². The molecule has 0 atom stereocenters. The minimum absolute atomic E-state index is 0.617. The summed E-state index contributed by atoms with van der Waals surface area (Å²) in [6.45, 7) is 0. The summed E-state index contributed by atoms with van der Waals surface area (Å²) < 4.78 is 36.3. The van der Waals surface area contributed by atoms with Gasteiger partial charge in [0.1, 0.15) is 69.0 Å². The molecule has 0 heterocycles. The van der Waals surface area contributed by atoms with E-state index in [1.54, 1.807) is 12.1 Å². The van der Waals surface area contributed by atoms with E-state index in [4.69, 9.17) is 39.9 Å². The van der Waals surface area contributed by atoms with Gasteiger partial charge in [0.15, 0.2) is 0 Å². The Bertz CT molecular complexity index is 2060. The zero-order chi connectivity index (χ0) is 34.1. The van der Waals surface area contributed by atoms with Crippen LogP contribution in [0.1, 0.15) is 0 Å². The SMILES string of the molecule is Nc1cccc(Oc2cccc(Oc3cccc(Oc4ccc(Oc5cccc(Oc6cccc(Oc7cccc(N)c7)c6)c5)cc4)c3)c2)c1. The van der Waals surface area contributed by atoms with E-state index in [2.05, 4.69) is 0 Å². The van der Waals surface area contributed by atoms with Crippen LogP contribution in [0.2, 0.25) is 0 Å². The van der Waals surface area contributed by atoms with Crippen molar-refractivity contribution in [2.45, 2.75) is 0 Å². The molecule has 0 amide bonds. The number of nitrogen functional groups attached to an aromatic ring is 2. The highest BCUT2D eigenvalue weighted by molar-refractivity contribution is 5.48. The predicted molar refractivity (Wildman–Crippen MR) is 194 cm³/mol. The first-order chi connectivity index (χ1) is 24.5. The summed E-state index contributed by atoms with van der Waals surface area (Å²) in [6.07, 6.45) is 0. The Morgan fingerprint density at radius 2 is 0.420 bits per heavy atom. The Labute approximate surface area is 289 Å². The quantitative estimate of drug-likeness (QED) is 0.125. The Morgan fingerprint density at radius 3 is 0.660 bits per heavy atom. The second-order valence-electron chi connectivity index (χ2n) is 11.1. The lowest BCUT2D eigenvalue weighted by Gasteiger charge is -2.12. The molecule has 0 saturated heterocycles. The second kappa shape index (κ2) is 14.8. The molecule has 0 saturated carbocycles. The van der Waals surface area contributed by atoms with Crippen molar-refractivity contribution in [3.63, 3.8) is 0 Å². The summed E-state index contributed by atoms with van der Waals surface area (Å²) in [5, 5.41) is 0. The Hall–Kier alpha value is -7.06. The molecule has 0 aromatic heterocycles. The van der Waals surface area contributed by atoms with Gasteiger partial charge < -0.3 is 39.9 Å². The van der Waals surface area contributed by atoms with Crippen LogP contribution in [0, 0.1) is 0 Å². The minimum atomic E-state index is 0.617. The third-order valence-electron chi connectivity index (χ3n) is 7.18. The number of benzene rings is 7. The largest absolute Gasteiger partial charge is 0.457 e. The van der Waals surface area contributed by atoms with Gasteiger partial charge in [-0.2, -0.15) is 0 Å². The van der Waals surface area contributed by atoms with Crippen molar-refractivity contribution in [2.24, 2.45) is 0 Å². The molecule has 0 fully saturated rings. The topological polar surface area (TPSA) is 107 Å². The van der Waals surface area contributed by atoms with E-state index < -0.39 is 0 Å². The molecule has 4 N–H and O–H groups in total. The predicted octanol–water partition coefficient (Wildman–Crippen LogP) is 11.6. The van der Waals surface area contributed by atoms with Gasteiger partial charge in [-0.15, -0.1) is 0 Å². The van der Waals surface area contributed by atoms with Gasteiger partial charge in [-0.05, 0) is 97.1 Å². The van der Waals surface area contributed by atoms with Crippen molar-refractivity contribution in [3.05, 3.63) is 170 Å². The summed E-state index contributed by atoms with van der Waals surface area (Å²) in [6, 6.07) is 51.5. The fourth-order valence-corrected chi connectivity index (χ4v) is 4.95. The van der Waals surface area contributed by atoms with E-state index >= 15 is 0 Å². The third-order valence-corrected chi connectivity index (χ3v) is 7.18. The molecule has 0 spiro atoms. The number of hydrogen-bond acceptors (Lipinski definition) is 8. The van der Waals surface area contributed by atoms with Crippen LogP contribution >= 0.6 is 0 Å². The molecule has 0 unspecified atom stereocenters. The van der Waals surface area contributed by atoms with Crippen molar-refractivity contribution < 1.29 is 28.4 Å². The Morgan fingerprint density at radius 1 is 0.220 bits per heavy atom. The molecule has 0 radical (unpaired) electrons. The molecule has 7 aromatic carbocycles. The maximum absolute atomic E-state index is 6.11. The monoisotopic (exact) mass is 660 g/mol. The lowest BCUT2D eigenvalue weighted by Crippen LogP contribution is -1.90. The first kappa shape index (κ1) is 31.5. The van der Waals surface area contributed by atoms with Crippen LogP contribution < -0.4 is 39.9 Å². The van der Waals surface area contributed by atoms with E-state index in [0.29, 0.717) is 80.4 Å². The van der Waals surface area contributed by atoms with Crippen LogP contribution in [0.5, 0.6) is 69.0 Å². The van der Waals surface area contributed by atoms with Gasteiger partial charge in [0, 0.05) is 47.8 Å². The van der Waals surface area contributed by atoms with Crippen LogP contribution in [0.15, 0.2) is 170 Å². The summed E-state index contributed by atoms with van der Waals surface area (Å²) in [7, 11) is 0. The van der Waals surface area contributed by atoms with Crippen molar-refractivity contribution in [1.29, 1.82) is 0 Å². The Kier molecular flexibility index (Phi) is 9.33. The summed E-state index contributed by atoms with van der Waals surface area (Å²) in [5.74, 6) is 7.57. The lowest BCUT2D eigenvalue weighted by atomic mass is 10.3. The van der Waals surface area contributed by atoms with Crippen LogP contribution in [-0.2, 0) is 0 Å². The fourth-order valence-electron chi connectivity index (χ4n) is 4.95. The number of anilines is 2. The molecule has 0 aliphatic rings. The average molecular weight is 661 g/mol. The van der Waals surface area contributed by atoms with Gasteiger partial charge in [0.2, 0.25) is 0 Å². The molecule has 8 nitrogen and oxygen atoms in total. The molecular formula is C42H32N2O6. The number of hydrogen-bond donors (Lipinski definition) is 2. The summed E-state index contributed by atoms with van der Waals surface area (Å²) in [4.78, 5) is 0. The first-order valence-corrected chi connectivity index (χ1v) is 15.8. The van der Waals surface area contributed by atoms with Gasteiger partial charge in [-0.25, -0.2) is 0 Å². The molecule has 0 bridgehead atoms. The fraction of sp³-hybridized carbons (Fsp3) is 0. The smallest absolute Gasteiger partial charge is 0.131 e. The van der Waals surface area contributed by atoms with Gasteiger partial charge in [-0.3, -0.25) is 0 Å². The van der Waals surface area contributed by atoms with E-state index in [1.165, 1.54) is 0 Å². The van der Waals surface area contributed by atoms with Gasteiger partial charge >= 0.3 is 0 Å². The standard InChI is InChI=1S/C42H32N2O6/c43-29-7-1-9-33(23-29)47-37-13-5-17-41(27-37)49-39-15-3-11-35(25-39)45-31-19-21-32(22-20-31)46-36-12-4-16-40(26-36)50-42-18-6-14-38(28-42)48-34-10-2-8-30(44)24-34/h1-28H,43-44H2. The zero-order valence-electron chi connectivity index (χ0n) is 26.8. The average Bonchev–Trinajstić information content (AvgIpc) is 3.10. The highest BCUT2D eigenvalue weighted by Gasteiger charge is 2.07.